The molecule has 0 aliphatic rings. The van der Waals surface area contributed by atoms with Crippen LogP contribution in [0.15, 0.2) is 24.3 Å². The number of hydrogen-bond acceptors (Lipinski definition) is 4. The molecule has 4 nitrogen and oxygen atoms in total. The van der Waals surface area contributed by atoms with Gasteiger partial charge in [0.25, 0.3) is 0 Å². The molecule has 0 aromatic heterocycles. The molecule has 0 N–H and O–H groups in total. The van der Waals surface area contributed by atoms with Crippen LogP contribution in [0.1, 0.15) is 13.8 Å². The van der Waals surface area contributed by atoms with Gasteiger partial charge in [-0.1, -0.05) is 6.07 Å². The van der Waals surface area contributed by atoms with E-state index in [0.29, 0.717) is 5.75 Å². The molecule has 5 heteroatoms. The molecule has 0 radical (unpaired) electrons. The van der Waals surface area contributed by atoms with E-state index < -0.39 is 15.4 Å². The number of methoxy groups -OCH3 is 1. The lowest BCUT2D eigenvalue weighted by molar-refractivity contribution is 0.411. The molecular weight excluding hydrogens is 216 g/mol. The van der Waals surface area contributed by atoms with Gasteiger partial charge in [-0.3, -0.25) is 0 Å². The second kappa shape index (κ2) is 4.53. The molecule has 1 aromatic carbocycles. The minimum atomic E-state index is -3.53. The van der Waals surface area contributed by atoms with Crippen LogP contribution in [0.25, 0.3) is 0 Å². The van der Waals surface area contributed by atoms with Crippen LogP contribution in [0.3, 0.4) is 0 Å². The van der Waals surface area contributed by atoms with Crippen LogP contribution >= 0.6 is 0 Å². The monoisotopic (exact) mass is 230 g/mol. The Labute approximate surface area is 90.0 Å². The van der Waals surface area contributed by atoms with Crippen molar-refractivity contribution in [1.29, 1.82) is 0 Å². The Morgan fingerprint density at radius 1 is 1.20 bits per heavy atom. The first-order chi connectivity index (χ1) is 6.95. The summed E-state index contributed by atoms with van der Waals surface area (Å²) in [5.41, 5.74) is 0. The molecule has 84 valence electrons. The molecule has 0 aliphatic heterocycles. The first-order valence-electron chi connectivity index (χ1n) is 4.53. The molecule has 0 bridgehead atoms. The minimum absolute atomic E-state index is 0.267. The first-order valence-corrected chi connectivity index (χ1v) is 6.00. The van der Waals surface area contributed by atoms with Crippen molar-refractivity contribution in [1.82, 2.24) is 0 Å². The third kappa shape index (κ3) is 3.13. The average Bonchev–Trinajstić information content (AvgIpc) is 2.17. The van der Waals surface area contributed by atoms with Gasteiger partial charge >= 0.3 is 10.1 Å². The Balaban J connectivity index is 2.90. The van der Waals surface area contributed by atoms with Crippen LogP contribution in [0, 0.1) is 0 Å². The van der Waals surface area contributed by atoms with Crippen LogP contribution in [0.4, 0.5) is 0 Å². The smallest absolute Gasteiger partial charge is 0.311 e. The maximum Gasteiger partial charge on any atom is 0.311 e. The summed E-state index contributed by atoms with van der Waals surface area (Å²) in [7, 11) is -2.02. The Bertz CT molecular complexity index is 423. The maximum atomic E-state index is 11.4. The number of hydrogen-bond donors (Lipinski definition) is 0. The van der Waals surface area contributed by atoms with Crippen molar-refractivity contribution in [2.24, 2.45) is 0 Å². The second-order valence-electron chi connectivity index (χ2n) is 3.30. The van der Waals surface area contributed by atoms with E-state index in [0.717, 1.165) is 0 Å². The molecule has 0 saturated heterocycles. The van der Waals surface area contributed by atoms with Gasteiger partial charge in [-0.25, -0.2) is 0 Å². The highest BCUT2D eigenvalue weighted by Gasteiger charge is 2.18. The van der Waals surface area contributed by atoms with E-state index in [1.807, 2.05) is 0 Å². The zero-order chi connectivity index (χ0) is 11.5. The molecule has 0 unspecified atom stereocenters. The fourth-order valence-electron chi connectivity index (χ4n) is 0.883. The third-order valence-electron chi connectivity index (χ3n) is 1.83. The van der Waals surface area contributed by atoms with Crippen LogP contribution in [0.2, 0.25) is 0 Å². The van der Waals surface area contributed by atoms with E-state index in [1.165, 1.54) is 13.2 Å². The van der Waals surface area contributed by atoms with Gasteiger partial charge in [0.1, 0.15) is 11.5 Å². The molecular formula is C10H14O4S. The Hall–Kier alpha value is -1.23. The fraction of sp³-hybridized carbons (Fsp3) is 0.400. The number of rotatable bonds is 4. The van der Waals surface area contributed by atoms with Crippen molar-refractivity contribution >= 4 is 10.1 Å². The molecule has 0 spiro atoms. The van der Waals surface area contributed by atoms with Crippen molar-refractivity contribution < 1.29 is 17.3 Å². The Morgan fingerprint density at radius 2 is 1.80 bits per heavy atom. The lowest BCUT2D eigenvalue weighted by Crippen LogP contribution is -2.19. The van der Waals surface area contributed by atoms with Gasteiger partial charge in [0.05, 0.1) is 12.4 Å². The molecule has 0 heterocycles. The van der Waals surface area contributed by atoms with E-state index in [1.54, 1.807) is 32.0 Å². The minimum Gasteiger partial charge on any atom is -0.497 e. The summed E-state index contributed by atoms with van der Waals surface area (Å²) in [5.74, 6) is 0.828. The molecule has 0 amide bonds. The molecule has 1 rings (SSSR count). The highest BCUT2D eigenvalue weighted by Crippen LogP contribution is 2.21. The number of benzene rings is 1. The van der Waals surface area contributed by atoms with Crippen molar-refractivity contribution in [2.45, 2.75) is 19.1 Å². The van der Waals surface area contributed by atoms with Gasteiger partial charge in [0.15, 0.2) is 0 Å². The largest absolute Gasteiger partial charge is 0.497 e. The summed E-state index contributed by atoms with van der Waals surface area (Å²) >= 11 is 0. The first kappa shape index (κ1) is 11.8. The summed E-state index contributed by atoms with van der Waals surface area (Å²) in [6.07, 6.45) is 0. The van der Waals surface area contributed by atoms with Crippen molar-refractivity contribution in [2.75, 3.05) is 7.11 Å². The van der Waals surface area contributed by atoms with Gasteiger partial charge in [-0.05, 0) is 26.0 Å². The maximum absolute atomic E-state index is 11.4. The summed E-state index contributed by atoms with van der Waals surface area (Å²) in [5, 5.41) is -0.566. The van der Waals surface area contributed by atoms with Gasteiger partial charge in [-0.15, -0.1) is 0 Å². The van der Waals surface area contributed by atoms with Crippen LogP contribution in [0.5, 0.6) is 11.5 Å². The van der Waals surface area contributed by atoms with Gasteiger partial charge < -0.3 is 8.92 Å². The average molecular weight is 230 g/mol. The van der Waals surface area contributed by atoms with E-state index >= 15 is 0 Å². The number of ether oxygens (including phenoxy) is 1. The van der Waals surface area contributed by atoms with E-state index in [2.05, 4.69) is 0 Å². The summed E-state index contributed by atoms with van der Waals surface area (Å²) in [6, 6.07) is 6.49. The summed E-state index contributed by atoms with van der Waals surface area (Å²) < 4.78 is 32.7. The van der Waals surface area contributed by atoms with Gasteiger partial charge in [0.2, 0.25) is 0 Å². The van der Waals surface area contributed by atoms with Gasteiger partial charge in [0, 0.05) is 6.07 Å². The van der Waals surface area contributed by atoms with Crippen molar-refractivity contribution in [3.8, 4) is 11.5 Å². The standard InChI is InChI=1S/C10H14O4S/c1-8(2)15(11,12)14-10-6-4-5-9(7-10)13-3/h4-8H,1-3H3. The topological polar surface area (TPSA) is 52.6 Å². The quantitative estimate of drug-likeness (QED) is 0.740. The van der Waals surface area contributed by atoms with Crippen LogP contribution in [-0.4, -0.2) is 20.8 Å². The molecule has 0 saturated carbocycles. The predicted molar refractivity (Wildman–Crippen MR) is 57.7 cm³/mol. The second-order valence-corrected chi connectivity index (χ2v) is 5.40. The molecule has 0 atom stereocenters. The van der Waals surface area contributed by atoms with E-state index in [-0.39, 0.29) is 5.75 Å². The zero-order valence-electron chi connectivity index (χ0n) is 8.93. The lowest BCUT2D eigenvalue weighted by Gasteiger charge is -2.10. The van der Waals surface area contributed by atoms with E-state index in [4.69, 9.17) is 8.92 Å². The predicted octanol–water partition coefficient (Wildman–Crippen LogP) is 1.81. The fourth-order valence-corrected chi connectivity index (χ4v) is 1.45. The Morgan fingerprint density at radius 3 is 2.33 bits per heavy atom. The van der Waals surface area contributed by atoms with Gasteiger partial charge in [-0.2, -0.15) is 8.42 Å². The SMILES string of the molecule is COc1cccc(OS(=O)(=O)C(C)C)c1. The third-order valence-corrected chi connectivity index (χ3v) is 3.41. The molecule has 1 aromatic rings. The van der Waals surface area contributed by atoms with Crippen LogP contribution in [-0.2, 0) is 10.1 Å². The molecule has 15 heavy (non-hydrogen) atoms. The highest BCUT2D eigenvalue weighted by atomic mass is 32.2. The van der Waals surface area contributed by atoms with Crippen LogP contribution < -0.4 is 8.92 Å². The summed E-state index contributed by atoms with van der Waals surface area (Å²) in [4.78, 5) is 0. The lowest BCUT2D eigenvalue weighted by atomic mass is 10.3. The normalized spacial score (nSPS) is 11.5. The molecule has 0 aliphatic carbocycles. The Kier molecular flexibility index (Phi) is 3.57. The van der Waals surface area contributed by atoms with Crippen molar-refractivity contribution in [3.63, 3.8) is 0 Å². The zero-order valence-corrected chi connectivity index (χ0v) is 9.74. The summed E-state index contributed by atoms with van der Waals surface area (Å²) in [6.45, 7) is 3.13. The highest BCUT2D eigenvalue weighted by molar-refractivity contribution is 7.87. The van der Waals surface area contributed by atoms with E-state index in [9.17, 15) is 8.42 Å². The van der Waals surface area contributed by atoms with Crippen molar-refractivity contribution in [3.05, 3.63) is 24.3 Å². The molecule has 0 fully saturated rings.